The van der Waals surface area contributed by atoms with E-state index in [1.807, 2.05) is 12.3 Å². The first-order valence-electron chi connectivity index (χ1n) is 9.57. The van der Waals surface area contributed by atoms with Crippen molar-refractivity contribution < 1.29 is 18.1 Å². The first-order chi connectivity index (χ1) is 13.3. The van der Waals surface area contributed by atoms with Crippen LogP contribution in [0.3, 0.4) is 0 Å². The van der Waals surface area contributed by atoms with Crippen LogP contribution in [0.2, 0.25) is 0 Å². The molecule has 0 unspecified atom stereocenters. The lowest BCUT2D eigenvalue weighted by molar-refractivity contribution is -0.386. The second kappa shape index (κ2) is 7.70. The second-order valence-corrected chi connectivity index (χ2v) is 7.23. The lowest BCUT2D eigenvalue weighted by atomic mass is 9.96. The van der Waals surface area contributed by atoms with Crippen molar-refractivity contribution in [3.63, 3.8) is 0 Å². The van der Waals surface area contributed by atoms with Crippen LogP contribution in [0, 0.1) is 0 Å². The molecule has 0 saturated heterocycles. The molecule has 2 aromatic carbocycles. The molecule has 3 N–H and O–H groups in total. The van der Waals surface area contributed by atoms with Gasteiger partial charge < -0.3 is 18.1 Å². The molecule has 28 heavy (non-hydrogen) atoms. The highest BCUT2D eigenvalue weighted by Crippen LogP contribution is 2.43. The fourth-order valence-electron chi connectivity index (χ4n) is 3.69. The number of nitrogens with zero attached hydrogens (tertiary/aromatic N) is 2. The van der Waals surface area contributed by atoms with Crippen molar-refractivity contribution in [2.45, 2.75) is 25.3 Å². The Labute approximate surface area is 171 Å². The van der Waals surface area contributed by atoms with Crippen molar-refractivity contribution in [1.29, 1.82) is 0 Å². The minimum atomic E-state index is 0. The number of hydrogen-bond donors (Lipinski definition) is 1. The molecule has 0 atom stereocenters. The van der Waals surface area contributed by atoms with Gasteiger partial charge in [0, 0.05) is 34.2 Å². The zero-order chi connectivity index (χ0) is 18.2. The standard InChI is InChI=1S/C24H21N3.ClH/c25-15-16-6-8-19(9-7-16)24-20(17-4-2-1-3-5-17)14-21-22(27-24)12-13-26-23(21)18-10-11-18;/h1-9,12-14,18H,10-11,15,25H2;1H. The van der Waals surface area contributed by atoms with Crippen LogP contribution in [0.4, 0.5) is 0 Å². The van der Waals surface area contributed by atoms with E-state index in [1.165, 1.54) is 40.6 Å². The van der Waals surface area contributed by atoms with Gasteiger partial charge in [-0.25, -0.2) is 4.98 Å². The summed E-state index contributed by atoms with van der Waals surface area (Å²) in [6.07, 6.45) is 4.38. The summed E-state index contributed by atoms with van der Waals surface area (Å²) in [5.74, 6) is 0.598. The topological polar surface area (TPSA) is 53.4 Å². The fraction of sp³-hybridized carbons (Fsp3) is 0.167. The van der Waals surface area contributed by atoms with Crippen molar-refractivity contribution in [3.8, 4) is 22.4 Å². The number of fused-ring (bicyclic) bond motifs is 1. The van der Waals surface area contributed by atoms with Crippen LogP contribution in [-0.2, 0) is 6.54 Å². The molecule has 0 radical (unpaired) electrons. The average Bonchev–Trinajstić information content (AvgIpc) is 3.58. The monoisotopic (exact) mass is 387 g/mol. The summed E-state index contributed by atoms with van der Waals surface area (Å²) in [6.45, 7) is 0.799. The van der Waals surface area contributed by atoms with Crippen LogP contribution in [0.1, 0.15) is 30.0 Å². The van der Waals surface area contributed by atoms with Gasteiger partial charge >= 0.3 is 0 Å². The Morgan fingerprint density at radius 1 is 0.893 bits per heavy atom. The van der Waals surface area contributed by atoms with Crippen molar-refractivity contribution in [1.82, 2.24) is 9.97 Å². The van der Waals surface area contributed by atoms with Gasteiger partial charge in [0.25, 0.3) is 0 Å². The maximum Gasteiger partial charge on any atom is 0.0997 e. The molecule has 1 fully saturated rings. The lowest BCUT2D eigenvalue weighted by Gasteiger charge is -2.13. The summed E-state index contributed by atoms with van der Waals surface area (Å²) >= 11 is 0. The van der Waals surface area contributed by atoms with Crippen molar-refractivity contribution in [2.24, 2.45) is 0 Å². The Balaban J connectivity index is 0.00000192. The molecule has 2 heterocycles. The Kier molecular flexibility index (Phi) is 5.12. The molecule has 5 rings (SSSR count). The lowest BCUT2D eigenvalue weighted by Crippen LogP contribution is -3.00. The van der Waals surface area contributed by atoms with Gasteiger partial charge in [0.05, 0.1) is 23.4 Å². The minimum Gasteiger partial charge on any atom is -1.00 e. The van der Waals surface area contributed by atoms with Crippen LogP contribution >= 0.6 is 0 Å². The normalized spacial score (nSPS) is 13.3. The highest BCUT2D eigenvalue weighted by Gasteiger charge is 2.27. The first kappa shape index (κ1) is 18.6. The van der Waals surface area contributed by atoms with E-state index in [1.54, 1.807) is 0 Å². The smallest absolute Gasteiger partial charge is 0.0997 e. The van der Waals surface area contributed by atoms with E-state index >= 15 is 0 Å². The van der Waals surface area contributed by atoms with E-state index in [2.05, 4.69) is 71.4 Å². The maximum absolute atomic E-state index is 5.09. The van der Waals surface area contributed by atoms with Gasteiger partial charge in [-0.1, -0.05) is 54.6 Å². The fourth-order valence-corrected chi connectivity index (χ4v) is 3.69. The zero-order valence-electron chi connectivity index (χ0n) is 15.6. The summed E-state index contributed by atoms with van der Waals surface area (Å²) in [7, 11) is 0. The Bertz CT molecular complexity index is 1100. The molecule has 0 spiro atoms. The number of rotatable bonds is 4. The van der Waals surface area contributed by atoms with Crippen LogP contribution in [0.5, 0.6) is 0 Å². The van der Waals surface area contributed by atoms with E-state index in [-0.39, 0.29) is 12.4 Å². The van der Waals surface area contributed by atoms with Gasteiger partial charge in [-0.15, -0.1) is 0 Å². The minimum absolute atomic E-state index is 0. The Hall–Kier alpha value is -2.75. The van der Waals surface area contributed by atoms with E-state index in [4.69, 9.17) is 4.98 Å². The molecular formula is C24H22ClN3. The molecule has 0 bridgehead atoms. The van der Waals surface area contributed by atoms with Crippen molar-refractivity contribution in [2.75, 3.05) is 0 Å². The Morgan fingerprint density at radius 3 is 2.32 bits per heavy atom. The predicted octanol–water partition coefficient (Wildman–Crippen LogP) is 1.59. The molecule has 1 aliphatic rings. The van der Waals surface area contributed by atoms with Gasteiger partial charge in [0.2, 0.25) is 0 Å². The van der Waals surface area contributed by atoms with Crippen molar-refractivity contribution >= 4 is 10.9 Å². The van der Waals surface area contributed by atoms with Crippen LogP contribution in [0.15, 0.2) is 72.9 Å². The number of aromatic nitrogens is 2. The van der Waals surface area contributed by atoms with E-state index < -0.39 is 0 Å². The summed E-state index contributed by atoms with van der Waals surface area (Å²) in [5.41, 5.74) is 12.0. The molecular weight excluding hydrogens is 366 g/mol. The molecule has 4 heteroatoms. The van der Waals surface area contributed by atoms with Crippen LogP contribution in [0.25, 0.3) is 33.3 Å². The molecule has 4 aromatic rings. The molecule has 140 valence electrons. The average molecular weight is 388 g/mol. The number of halogens is 1. The number of hydrogen-bond acceptors (Lipinski definition) is 2. The SMILES string of the molecule is [Cl-].[NH3+]Cc1ccc(-c2nc3ccnc(C4CC4)c3cc2-c2ccccc2)cc1. The summed E-state index contributed by atoms with van der Waals surface area (Å²) in [6, 6.07) is 23.5. The van der Waals surface area contributed by atoms with Gasteiger partial charge in [-0.2, -0.15) is 0 Å². The van der Waals surface area contributed by atoms with Gasteiger partial charge in [0.15, 0.2) is 0 Å². The quantitative estimate of drug-likeness (QED) is 0.578. The van der Waals surface area contributed by atoms with Crippen molar-refractivity contribution in [3.05, 3.63) is 84.2 Å². The van der Waals surface area contributed by atoms with Crippen LogP contribution < -0.4 is 18.1 Å². The summed E-state index contributed by atoms with van der Waals surface area (Å²) in [4.78, 5) is 9.77. The number of pyridine rings is 2. The van der Waals surface area contributed by atoms with E-state index in [0.29, 0.717) is 5.92 Å². The first-order valence-corrected chi connectivity index (χ1v) is 9.57. The molecule has 2 aromatic heterocycles. The Morgan fingerprint density at radius 2 is 1.64 bits per heavy atom. The van der Waals surface area contributed by atoms with E-state index in [9.17, 15) is 0 Å². The maximum atomic E-state index is 5.09. The molecule has 3 nitrogen and oxygen atoms in total. The van der Waals surface area contributed by atoms with Gasteiger partial charge in [-0.3, -0.25) is 4.98 Å². The molecule has 0 amide bonds. The predicted molar refractivity (Wildman–Crippen MR) is 109 cm³/mol. The second-order valence-electron chi connectivity index (χ2n) is 7.23. The molecule has 1 aliphatic carbocycles. The number of benzene rings is 2. The highest BCUT2D eigenvalue weighted by molar-refractivity contribution is 5.93. The third kappa shape index (κ3) is 3.39. The van der Waals surface area contributed by atoms with Gasteiger partial charge in [-0.05, 0) is 30.5 Å². The number of quaternary nitrogens is 1. The third-order valence-electron chi connectivity index (χ3n) is 5.34. The van der Waals surface area contributed by atoms with E-state index in [0.717, 1.165) is 23.3 Å². The van der Waals surface area contributed by atoms with Crippen LogP contribution in [-0.4, -0.2) is 9.97 Å². The third-order valence-corrected chi connectivity index (χ3v) is 5.34. The molecule has 0 aliphatic heterocycles. The highest BCUT2D eigenvalue weighted by atomic mass is 35.5. The zero-order valence-corrected chi connectivity index (χ0v) is 16.4. The summed E-state index contributed by atoms with van der Waals surface area (Å²) in [5, 5.41) is 1.19. The largest absolute Gasteiger partial charge is 1.00 e. The molecule has 1 saturated carbocycles. The summed E-state index contributed by atoms with van der Waals surface area (Å²) < 4.78 is 0. The van der Waals surface area contributed by atoms with Gasteiger partial charge in [0.1, 0.15) is 0 Å².